The number of unbranched alkanes of at least 4 members (excludes halogenated alkanes) is 6. The molecule has 0 aliphatic rings. The molecular formula is C22H36N2O4. The quantitative estimate of drug-likeness (QED) is 0.333. The average molecular weight is 393 g/mol. The minimum Gasteiger partial charge on any atom is -0.465 e. The molecule has 0 saturated carbocycles. The van der Waals surface area contributed by atoms with E-state index < -0.39 is 11.9 Å². The predicted octanol–water partition coefficient (Wildman–Crippen LogP) is 5.24. The highest BCUT2D eigenvalue weighted by Crippen LogP contribution is 2.27. The Hall–Kier alpha value is -2.24. The molecule has 0 saturated heterocycles. The first-order valence-corrected chi connectivity index (χ1v) is 10.4. The van der Waals surface area contributed by atoms with Crippen molar-refractivity contribution in [1.82, 2.24) is 0 Å². The van der Waals surface area contributed by atoms with Gasteiger partial charge in [-0.25, -0.2) is 9.59 Å². The number of carbonyl (C=O) groups excluding carboxylic acids is 2. The van der Waals surface area contributed by atoms with Crippen molar-refractivity contribution in [3.63, 3.8) is 0 Å². The first kappa shape index (κ1) is 23.8. The van der Waals surface area contributed by atoms with Crippen LogP contribution < -0.4 is 10.6 Å². The standard InChI is InChI=1S/C22H36N2O4/c1-5-7-9-11-13-23-19-15-18(22(26)28-4)20(16-17(19)21(25)27-3)24-14-12-10-8-6-2/h15-16,23-24H,5-14H2,1-4H3. The fourth-order valence-corrected chi connectivity index (χ4v) is 3.00. The van der Waals surface area contributed by atoms with Crippen molar-refractivity contribution in [3.05, 3.63) is 23.3 Å². The molecule has 0 bridgehead atoms. The molecule has 0 fully saturated rings. The van der Waals surface area contributed by atoms with Gasteiger partial charge in [-0.15, -0.1) is 0 Å². The normalized spacial score (nSPS) is 10.4. The van der Waals surface area contributed by atoms with Gasteiger partial charge >= 0.3 is 11.9 Å². The number of esters is 2. The van der Waals surface area contributed by atoms with Crippen molar-refractivity contribution in [1.29, 1.82) is 0 Å². The van der Waals surface area contributed by atoms with E-state index >= 15 is 0 Å². The second-order valence-corrected chi connectivity index (χ2v) is 6.90. The summed E-state index contributed by atoms with van der Waals surface area (Å²) in [6.07, 6.45) is 8.94. The summed E-state index contributed by atoms with van der Waals surface area (Å²) in [5.41, 5.74) is 2.03. The summed E-state index contributed by atoms with van der Waals surface area (Å²) < 4.78 is 9.88. The molecule has 0 radical (unpaired) electrons. The van der Waals surface area contributed by atoms with E-state index in [1.165, 1.54) is 39.9 Å². The molecule has 28 heavy (non-hydrogen) atoms. The van der Waals surface area contributed by atoms with E-state index in [1.54, 1.807) is 12.1 Å². The lowest BCUT2D eigenvalue weighted by atomic mass is 10.0. The van der Waals surface area contributed by atoms with Gasteiger partial charge in [0.25, 0.3) is 0 Å². The summed E-state index contributed by atoms with van der Waals surface area (Å²) >= 11 is 0. The Labute approximate surface area is 169 Å². The lowest BCUT2D eigenvalue weighted by Gasteiger charge is -2.17. The van der Waals surface area contributed by atoms with Crippen LogP contribution in [-0.4, -0.2) is 39.2 Å². The maximum Gasteiger partial charge on any atom is 0.340 e. The first-order valence-electron chi connectivity index (χ1n) is 10.4. The lowest BCUT2D eigenvalue weighted by molar-refractivity contribution is 0.0588. The number of methoxy groups -OCH3 is 2. The Bertz CT molecular complexity index is 563. The number of anilines is 2. The van der Waals surface area contributed by atoms with Gasteiger partial charge in [-0.3, -0.25) is 0 Å². The van der Waals surface area contributed by atoms with Crippen molar-refractivity contribution in [2.45, 2.75) is 65.2 Å². The van der Waals surface area contributed by atoms with Crippen molar-refractivity contribution in [2.75, 3.05) is 37.9 Å². The van der Waals surface area contributed by atoms with Gasteiger partial charge in [0, 0.05) is 24.5 Å². The Kier molecular flexibility index (Phi) is 11.8. The zero-order chi connectivity index (χ0) is 20.8. The SMILES string of the molecule is CCCCCCNc1cc(C(=O)OC)c(NCCCCCC)cc1C(=O)OC. The van der Waals surface area contributed by atoms with Gasteiger partial charge < -0.3 is 20.1 Å². The van der Waals surface area contributed by atoms with E-state index in [1.807, 2.05) is 0 Å². The molecule has 6 heteroatoms. The van der Waals surface area contributed by atoms with Crippen molar-refractivity contribution < 1.29 is 19.1 Å². The number of ether oxygens (including phenoxy) is 2. The fraction of sp³-hybridized carbons (Fsp3) is 0.636. The summed E-state index contributed by atoms with van der Waals surface area (Å²) in [5, 5.41) is 6.56. The fourth-order valence-electron chi connectivity index (χ4n) is 3.00. The highest BCUT2D eigenvalue weighted by atomic mass is 16.5. The molecule has 0 aromatic heterocycles. The monoisotopic (exact) mass is 392 g/mol. The van der Waals surface area contributed by atoms with Gasteiger partial charge in [-0.05, 0) is 25.0 Å². The number of nitrogens with one attached hydrogen (secondary N) is 2. The van der Waals surface area contributed by atoms with Crippen molar-refractivity contribution in [2.24, 2.45) is 0 Å². The summed E-state index contributed by atoms with van der Waals surface area (Å²) in [6.45, 7) is 5.79. The zero-order valence-electron chi connectivity index (χ0n) is 17.9. The molecule has 158 valence electrons. The Morgan fingerprint density at radius 2 is 1.11 bits per heavy atom. The predicted molar refractivity (Wildman–Crippen MR) is 114 cm³/mol. The Morgan fingerprint density at radius 3 is 1.43 bits per heavy atom. The highest BCUT2D eigenvalue weighted by Gasteiger charge is 2.20. The number of carbonyl (C=O) groups is 2. The second kappa shape index (κ2) is 13.9. The average Bonchev–Trinajstić information content (AvgIpc) is 2.72. The molecule has 6 nitrogen and oxygen atoms in total. The Morgan fingerprint density at radius 1 is 0.714 bits per heavy atom. The number of benzene rings is 1. The minimum absolute atomic E-state index is 0.418. The van der Waals surface area contributed by atoms with Crippen LogP contribution in [0.2, 0.25) is 0 Å². The molecule has 0 heterocycles. The van der Waals surface area contributed by atoms with E-state index in [0.29, 0.717) is 22.5 Å². The minimum atomic E-state index is -0.429. The highest BCUT2D eigenvalue weighted by molar-refractivity contribution is 6.03. The summed E-state index contributed by atoms with van der Waals surface area (Å²) in [5.74, 6) is -0.858. The van der Waals surface area contributed by atoms with Crippen LogP contribution in [0.4, 0.5) is 11.4 Å². The van der Waals surface area contributed by atoms with Crippen molar-refractivity contribution >= 4 is 23.3 Å². The third kappa shape index (κ3) is 7.79. The largest absolute Gasteiger partial charge is 0.465 e. The second-order valence-electron chi connectivity index (χ2n) is 6.90. The van der Waals surface area contributed by atoms with Crippen LogP contribution >= 0.6 is 0 Å². The number of hydrogen-bond acceptors (Lipinski definition) is 6. The molecule has 1 aromatic carbocycles. The van der Waals surface area contributed by atoms with Gasteiger partial charge in [0.2, 0.25) is 0 Å². The summed E-state index contributed by atoms with van der Waals surface area (Å²) in [6, 6.07) is 3.37. The van der Waals surface area contributed by atoms with Crippen LogP contribution in [0, 0.1) is 0 Å². The molecule has 0 aliphatic carbocycles. The van der Waals surface area contributed by atoms with E-state index in [2.05, 4.69) is 24.5 Å². The number of rotatable bonds is 14. The third-order valence-corrected chi connectivity index (χ3v) is 4.66. The molecule has 0 unspecified atom stereocenters. The smallest absolute Gasteiger partial charge is 0.340 e. The van der Waals surface area contributed by atoms with E-state index in [0.717, 1.165) is 38.8 Å². The van der Waals surface area contributed by atoms with Crippen molar-refractivity contribution in [3.8, 4) is 0 Å². The molecule has 1 rings (SSSR count). The molecule has 0 aliphatic heterocycles. The van der Waals surface area contributed by atoms with Gasteiger partial charge in [0.15, 0.2) is 0 Å². The van der Waals surface area contributed by atoms with E-state index in [9.17, 15) is 9.59 Å². The van der Waals surface area contributed by atoms with E-state index in [4.69, 9.17) is 9.47 Å². The summed E-state index contributed by atoms with van der Waals surface area (Å²) in [4.78, 5) is 24.6. The maximum absolute atomic E-state index is 12.3. The molecule has 0 amide bonds. The van der Waals surface area contributed by atoms with Gasteiger partial charge in [-0.1, -0.05) is 52.4 Å². The maximum atomic E-state index is 12.3. The van der Waals surface area contributed by atoms with Gasteiger partial charge in [0.05, 0.1) is 25.3 Å². The van der Waals surface area contributed by atoms with Crippen LogP contribution in [0.25, 0.3) is 0 Å². The molecule has 1 aromatic rings. The van der Waals surface area contributed by atoms with E-state index in [-0.39, 0.29) is 0 Å². The topological polar surface area (TPSA) is 76.7 Å². The third-order valence-electron chi connectivity index (χ3n) is 4.66. The molecular weight excluding hydrogens is 356 g/mol. The van der Waals surface area contributed by atoms with Crippen LogP contribution in [0.5, 0.6) is 0 Å². The lowest BCUT2D eigenvalue weighted by Crippen LogP contribution is -2.15. The van der Waals surface area contributed by atoms with Gasteiger partial charge in [0.1, 0.15) is 0 Å². The summed E-state index contributed by atoms with van der Waals surface area (Å²) in [7, 11) is 2.72. The number of hydrogen-bond donors (Lipinski definition) is 2. The molecule has 0 atom stereocenters. The van der Waals surface area contributed by atoms with Crippen LogP contribution in [0.3, 0.4) is 0 Å². The van der Waals surface area contributed by atoms with Crippen LogP contribution in [-0.2, 0) is 9.47 Å². The van der Waals surface area contributed by atoms with Gasteiger partial charge in [-0.2, -0.15) is 0 Å². The molecule has 0 spiro atoms. The molecule has 2 N–H and O–H groups in total. The van der Waals surface area contributed by atoms with Crippen LogP contribution in [0.15, 0.2) is 12.1 Å². The first-order chi connectivity index (χ1) is 13.6. The van der Waals surface area contributed by atoms with Crippen LogP contribution in [0.1, 0.15) is 85.9 Å². The zero-order valence-corrected chi connectivity index (χ0v) is 17.9. The Balaban J connectivity index is 3.02.